The second-order valence-electron chi connectivity index (χ2n) is 4.51. The molecule has 1 rings (SSSR count). The SMILES string of the molecule is CCCN(C)C(=O)CCCN1CCNCC1. The second-order valence-corrected chi connectivity index (χ2v) is 4.51. The monoisotopic (exact) mass is 227 g/mol. The molecule has 1 amide bonds. The zero-order valence-corrected chi connectivity index (χ0v) is 10.7. The quantitative estimate of drug-likeness (QED) is 0.719. The number of hydrogen-bond acceptors (Lipinski definition) is 3. The summed E-state index contributed by atoms with van der Waals surface area (Å²) in [5, 5.41) is 3.33. The van der Waals surface area contributed by atoms with Crippen LogP contribution >= 0.6 is 0 Å². The molecule has 1 fully saturated rings. The number of nitrogens with zero attached hydrogens (tertiary/aromatic N) is 2. The van der Waals surface area contributed by atoms with Crippen molar-refractivity contribution in [3.05, 3.63) is 0 Å². The van der Waals surface area contributed by atoms with Crippen molar-refractivity contribution in [2.75, 3.05) is 46.3 Å². The lowest BCUT2D eigenvalue weighted by molar-refractivity contribution is -0.130. The topological polar surface area (TPSA) is 35.6 Å². The Hall–Kier alpha value is -0.610. The van der Waals surface area contributed by atoms with Gasteiger partial charge in [0, 0.05) is 46.2 Å². The standard InChI is InChI=1S/C12H25N3O/c1-3-8-14(2)12(16)5-4-9-15-10-6-13-7-11-15/h13H,3-11H2,1-2H3. The van der Waals surface area contributed by atoms with Gasteiger partial charge in [-0.25, -0.2) is 0 Å². The van der Waals surface area contributed by atoms with Crippen molar-refractivity contribution < 1.29 is 4.79 Å². The second kappa shape index (κ2) is 7.63. The lowest BCUT2D eigenvalue weighted by Gasteiger charge is -2.27. The van der Waals surface area contributed by atoms with Crippen LogP contribution in [-0.4, -0.2) is 62.0 Å². The average Bonchev–Trinajstić information content (AvgIpc) is 2.30. The van der Waals surface area contributed by atoms with E-state index in [9.17, 15) is 4.79 Å². The molecule has 0 bridgehead atoms. The molecule has 4 heteroatoms. The Kier molecular flexibility index (Phi) is 6.42. The molecule has 0 spiro atoms. The summed E-state index contributed by atoms with van der Waals surface area (Å²) in [4.78, 5) is 15.9. The molecule has 1 saturated heterocycles. The highest BCUT2D eigenvalue weighted by Crippen LogP contribution is 2.00. The Labute approximate surface area is 99.0 Å². The van der Waals surface area contributed by atoms with Gasteiger partial charge in [-0.1, -0.05) is 6.92 Å². The summed E-state index contributed by atoms with van der Waals surface area (Å²) < 4.78 is 0. The van der Waals surface area contributed by atoms with Crippen molar-refractivity contribution in [3.8, 4) is 0 Å². The molecule has 16 heavy (non-hydrogen) atoms. The number of hydrogen-bond donors (Lipinski definition) is 1. The van der Waals surface area contributed by atoms with Crippen molar-refractivity contribution in [2.45, 2.75) is 26.2 Å². The minimum atomic E-state index is 0.289. The summed E-state index contributed by atoms with van der Waals surface area (Å²) in [5.74, 6) is 0.289. The third-order valence-corrected chi connectivity index (χ3v) is 3.06. The van der Waals surface area contributed by atoms with Crippen LogP contribution < -0.4 is 5.32 Å². The zero-order valence-electron chi connectivity index (χ0n) is 10.7. The van der Waals surface area contributed by atoms with Crippen LogP contribution in [0.15, 0.2) is 0 Å². The molecule has 0 aliphatic carbocycles. The van der Waals surface area contributed by atoms with Crippen LogP contribution in [0.25, 0.3) is 0 Å². The lowest BCUT2D eigenvalue weighted by atomic mass is 10.2. The Morgan fingerprint density at radius 2 is 2.06 bits per heavy atom. The van der Waals surface area contributed by atoms with Crippen molar-refractivity contribution in [2.24, 2.45) is 0 Å². The van der Waals surface area contributed by atoms with Crippen LogP contribution in [0.1, 0.15) is 26.2 Å². The summed E-state index contributed by atoms with van der Waals surface area (Å²) >= 11 is 0. The molecule has 1 N–H and O–H groups in total. The fourth-order valence-corrected chi connectivity index (χ4v) is 2.04. The molecule has 4 nitrogen and oxygen atoms in total. The number of piperazine rings is 1. The van der Waals surface area contributed by atoms with E-state index in [1.165, 1.54) is 0 Å². The molecule has 0 atom stereocenters. The molecular formula is C12H25N3O. The Bertz CT molecular complexity index is 202. The predicted octanol–water partition coefficient (Wildman–Crippen LogP) is 0.540. The van der Waals surface area contributed by atoms with Gasteiger partial charge in [-0.05, 0) is 19.4 Å². The Morgan fingerprint density at radius 3 is 2.69 bits per heavy atom. The van der Waals surface area contributed by atoms with Gasteiger partial charge >= 0.3 is 0 Å². The summed E-state index contributed by atoms with van der Waals surface area (Å²) in [6.45, 7) is 8.47. The van der Waals surface area contributed by atoms with Gasteiger partial charge in [0.1, 0.15) is 0 Å². The van der Waals surface area contributed by atoms with Crippen LogP contribution in [0.3, 0.4) is 0 Å². The van der Waals surface area contributed by atoms with E-state index in [1.54, 1.807) is 0 Å². The first-order valence-electron chi connectivity index (χ1n) is 6.41. The minimum Gasteiger partial charge on any atom is -0.346 e. The van der Waals surface area contributed by atoms with Gasteiger partial charge in [0.15, 0.2) is 0 Å². The van der Waals surface area contributed by atoms with Crippen molar-refractivity contribution in [1.82, 2.24) is 15.1 Å². The number of amides is 1. The lowest BCUT2D eigenvalue weighted by Crippen LogP contribution is -2.43. The maximum atomic E-state index is 11.7. The van der Waals surface area contributed by atoms with Gasteiger partial charge in [-0.3, -0.25) is 4.79 Å². The maximum absolute atomic E-state index is 11.7. The summed E-state index contributed by atoms with van der Waals surface area (Å²) in [5.41, 5.74) is 0. The highest BCUT2D eigenvalue weighted by Gasteiger charge is 2.11. The van der Waals surface area contributed by atoms with E-state index >= 15 is 0 Å². The highest BCUT2D eigenvalue weighted by molar-refractivity contribution is 5.75. The van der Waals surface area contributed by atoms with Crippen molar-refractivity contribution in [1.29, 1.82) is 0 Å². The third kappa shape index (κ3) is 4.94. The van der Waals surface area contributed by atoms with E-state index in [2.05, 4.69) is 17.1 Å². The Balaban J connectivity index is 2.07. The molecule has 94 valence electrons. The van der Waals surface area contributed by atoms with E-state index < -0.39 is 0 Å². The molecule has 0 unspecified atom stereocenters. The van der Waals surface area contributed by atoms with E-state index in [0.717, 1.165) is 52.1 Å². The van der Waals surface area contributed by atoms with Gasteiger partial charge in [-0.2, -0.15) is 0 Å². The van der Waals surface area contributed by atoms with Gasteiger partial charge in [0.2, 0.25) is 5.91 Å². The molecule has 0 aromatic rings. The molecule has 0 radical (unpaired) electrons. The summed E-state index contributed by atoms with van der Waals surface area (Å²) in [7, 11) is 1.90. The smallest absolute Gasteiger partial charge is 0.222 e. The van der Waals surface area contributed by atoms with Crippen LogP contribution in [0.4, 0.5) is 0 Å². The summed E-state index contributed by atoms with van der Waals surface area (Å²) in [6.07, 6.45) is 2.73. The first-order valence-corrected chi connectivity index (χ1v) is 6.41. The fourth-order valence-electron chi connectivity index (χ4n) is 2.04. The van der Waals surface area contributed by atoms with Gasteiger partial charge in [-0.15, -0.1) is 0 Å². The number of rotatable bonds is 6. The summed E-state index contributed by atoms with van der Waals surface area (Å²) in [6, 6.07) is 0. The first-order chi connectivity index (χ1) is 7.74. The third-order valence-electron chi connectivity index (χ3n) is 3.06. The molecule has 0 aromatic carbocycles. The first kappa shape index (κ1) is 13.5. The molecule has 1 aliphatic rings. The number of carbonyl (C=O) groups is 1. The maximum Gasteiger partial charge on any atom is 0.222 e. The number of nitrogens with one attached hydrogen (secondary N) is 1. The molecule has 1 heterocycles. The van der Waals surface area contributed by atoms with Gasteiger partial charge < -0.3 is 15.1 Å². The molecular weight excluding hydrogens is 202 g/mol. The van der Waals surface area contributed by atoms with E-state index in [0.29, 0.717) is 6.42 Å². The van der Waals surface area contributed by atoms with Crippen LogP contribution in [0.5, 0.6) is 0 Å². The highest BCUT2D eigenvalue weighted by atomic mass is 16.2. The molecule has 0 saturated carbocycles. The average molecular weight is 227 g/mol. The minimum absolute atomic E-state index is 0.289. The normalized spacial score (nSPS) is 17.4. The number of carbonyl (C=O) groups excluding carboxylic acids is 1. The predicted molar refractivity (Wildman–Crippen MR) is 66.5 cm³/mol. The van der Waals surface area contributed by atoms with Gasteiger partial charge in [0.05, 0.1) is 0 Å². The van der Waals surface area contributed by atoms with E-state index in [1.807, 2.05) is 11.9 Å². The largest absolute Gasteiger partial charge is 0.346 e. The van der Waals surface area contributed by atoms with Crippen LogP contribution in [0, 0.1) is 0 Å². The van der Waals surface area contributed by atoms with Crippen molar-refractivity contribution >= 4 is 5.91 Å². The fraction of sp³-hybridized carbons (Fsp3) is 0.917. The molecule has 1 aliphatic heterocycles. The van der Waals surface area contributed by atoms with Crippen LogP contribution in [0.2, 0.25) is 0 Å². The Morgan fingerprint density at radius 1 is 1.38 bits per heavy atom. The van der Waals surface area contributed by atoms with E-state index in [-0.39, 0.29) is 5.91 Å². The van der Waals surface area contributed by atoms with Crippen LogP contribution in [-0.2, 0) is 4.79 Å². The van der Waals surface area contributed by atoms with Gasteiger partial charge in [0.25, 0.3) is 0 Å². The zero-order chi connectivity index (χ0) is 11.8. The van der Waals surface area contributed by atoms with E-state index in [4.69, 9.17) is 0 Å². The molecule has 0 aromatic heterocycles. The van der Waals surface area contributed by atoms with Crippen molar-refractivity contribution in [3.63, 3.8) is 0 Å².